The quantitative estimate of drug-likeness (QED) is 0.801. The Morgan fingerprint density at radius 3 is 2.50 bits per heavy atom. The van der Waals surface area contributed by atoms with Crippen LogP contribution in [0.2, 0.25) is 0 Å². The molecule has 2 aromatic rings. The average molecular weight is 325 g/mol. The van der Waals surface area contributed by atoms with E-state index in [0.29, 0.717) is 24.3 Å². The number of hydrogen-bond donors (Lipinski definition) is 2. The molecular formula is C19H23N3O2. The Labute approximate surface area is 142 Å². The fourth-order valence-electron chi connectivity index (χ4n) is 2.43. The van der Waals surface area contributed by atoms with Gasteiger partial charge in [0, 0.05) is 24.3 Å². The molecule has 2 aromatic carbocycles. The van der Waals surface area contributed by atoms with Gasteiger partial charge in [0.05, 0.1) is 6.54 Å². The highest BCUT2D eigenvalue weighted by atomic mass is 16.2. The lowest BCUT2D eigenvalue weighted by atomic mass is 10.1. The Bertz CT molecular complexity index is 714. The van der Waals surface area contributed by atoms with Crippen molar-refractivity contribution in [2.45, 2.75) is 20.4 Å². The lowest BCUT2D eigenvalue weighted by Crippen LogP contribution is -2.39. The number of carbonyl (C=O) groups excluding carboxylic acids is 2. The van der Waals surface area contributed by atoms with E-state index >= 15 is 0 Å². The molecular weight excluding hydrogens is 302 g/mol. The van der Waals surface area contributed by atoms with Crippen molar-refractivity contribution in [3.63, 3.8) is 0 Å². The van der Waals surface area contributed by atoms with E-state index in [4.69, 9.17) is 5.73 Å². The molecule has 5 nitrogen and oxygen atoms in total. The summed E-state index contributed by atoms with van der Waals surface area (Å²) < 4.78 is 0. The van der Waals surface area contributed by atoms with Crippen molar-refractivity contribution in [2.75, 3.05) is 18.8 Å². The summed E-state index contributed by atoms with van der Waals surface area (Å²) in [5, 5.41) is 2.68. The van der Waals surface area contributed by atoms with Crippen LogP contribution < -0.4 is 11.1 Å². The van der Waals surface area contributed by atoms with E-state index in [2.05, 4.69) is 5.32 Å². The topological polar surface area (TPSA) is 75.4 Å². The number of likely N-dealkylation sites (N-methyl/N-ethyl adjacent to an activating group) is 1. The molecule has 0 aliphatic carbocycles. The van der Waals surface area contributed by atoms with Gasteiger partial charge in [-0.15, -0.1) is 0 Å². The van der Waals surface area contributed by atoms with Crippen LogP contribution in [-0.2, 0) is 11.3 Å². The number of nitrogens with two attached hydrogens (primary N) is 1. The first-order chi connectivity index (χ1) is 11.5. The van der Waals surface area contributed by atoms with Crippen LogP contribution in [0.25, 0.3) is 0 Å². The third kappa shape index (κ3) is 4.59. The summed E-state index contributed by atoms with van der Waals surface area (Å²) >= 11 is 0. The predicted molar refractivity (Wildman–Crippen MR) is 95.5 cm³/mol. The summed E-state index contributed by atoms with van der Waals surface area (Å²) in [6, 6.07) is 14.9. The number of rotatable bonds is 6. The smallest absolute Gasteiger partial charge is 0.252 e. The number of nitrogen functional groups attached to an aromatic ring is 1. The van der Waals surface area contributed by atoms with Crippen LogP contribution in [0.3, 0.4) is 0 Å². The molecule has 24 heavy (non-hydrogen) atoms. The van der Waals surface area contributed by atoms with E-state index in [1.807, 2.05) is 44.2 Å². The molecule has 0 aromatic heterocycles. The summed E-state index contributed by atoms with van der Waals surface area (Å²) in [7, 11) is 0. The van der Waals surface area contributed by atoms with Crippen LogP contribution in [0.5, 0.6) is 0 Å². The van der Waals surface area contributed by atoms with Crippen molar-refractivity contribution in [1.82, 2.24) is 10.2 Å². The van der Waals surface area contributed by atoms with E-state index in [-0.39, 0.29) is 18.4 Å². The second-order valence-corrected chi connectivity index (χ2v) is 5.65. The van der Waals surface area contributed by atoms with Gasteiger partial charge in [0.1, 0.15) is 0 Å². The Morgan fingerprint density at radius 2 is 1.83 bits per heavy atom. The van der Waals surface area contributed by atoms with Crippen molar-refractivity contribution in [3.05, 3.63) is 65.2 Å². The molecule has 0 unspecified atom stereocenters. The third-order valence-corrected chi connectivity index (χ3v) is 3.86. The molecule has 0 heterocycles. The SMILES string of the molecule is CCN(Cc1ccccc1)C(=O)CNC(=O)c1cc(N)ccc1C. The average Bonchev–Trinajstić information content (AvgIpc) is 2.60. The van der Waals surface area contributed by atoms with Crippen molar-refractivity contribution in [1.29, 1.82) is 0 Å². The minimum absolute atomic E-state index is 0.0340. The van der Waals surface area contributed by atoms with E-state index in [0.717, 1.165) is 11.1 Å². The maximum Gasteiger partial charge on any atom is 0.252 e. The van der Waals surface area contributed by atoms with Crippen molar-refractivity contribution >= 4 is 17.5 Å². The normalized spacial score (nSPS) is 10.2. The molecule has 0 saturated carbocycles. The minimum atomic E-state index is -0.288. The van der Waals surface area contributed by atoms with Crippen LogP contribution in [0.15, 0.2) is 48.5 Å². The number of amides is 2. The molecule has 0 aliphatic rings. The lowest BCUT2D eigenvalue weighted by molar-refractivity contribution is -0.130. The maximum absolute atomic E-state index is 12.4. The van der Waals surface area contributed by atoms with Gasteiger partial charge in [0.25, 0.3) is 5.91 Å². The number of hydrogen-bond acceptors (Lipinski definition) is 3. The van der Waals surface area contributed by atoms with E-state index in [1.54, 1.807) is 23.1 Å². The molecule has 2 amide bonds. The Hall–Kier alpha value is -2.82. The zero-order valence-electron chi connectivity index (χ0n) is 14.1. The van der Waals surface area contributed by atoms with Crippen LogP contribution in [-0.4, -0.2) is 29.8 Å². The van der Waals surface area contributed by atoms with Gasteiger partial charge >= 0.3 is 0 Å². The van der Waals surface area contributed by atoms with Crippen LogP contribution in [0.1, 0.15) is 28.4 Å². The number of nitrogens with zero attached hydrogens (tertiary/aromatic N) is 1. The lowest BCUT2D eigenvalue weighted by Gasteiger charge is -2.21. The van der Waals surface area contributed by atoms with Gasteiger partial charge in [-0.25, -0.2) is 0 Å². The zero-order chi connectivity index (χ0) is 17.5. The molecule has 0 spiro atoms. The van der Waals surface area contributed by atoms with Gasteiger partial charge < -0.3 is 16.0 Å². The largest absolute Gasteiger partial charge is 0.399 e. The Kier molecular flexibility index (Phi) is 5.95. The molecule has 0 fully saturated rings. The fraction of sp³-hybridized carbons (Fsp3) is 0.263. The second-order valence-electron chi connectivity index (χ2n) is 5.65. The monoisotopic (exact) mass is 325 g/mol. The number of aryl methyl sites for hydroxylation is 1. The summed E-state index contributed by atoms with van der Waals surface area (Å²) in [5.74, 6) is -0.403. The molecule has 3 N–H and O–H groups in total. The molecule has 5 heteroatoms. The molecule has 0 radical (unpaired) electrons. The standard InChI is InChI=1S/C19H23N3O2/c1-3-22(13-15-7-5-4-6-8-15)18(23)12-21-19(24)17-11-16(20)10-9-14(17)2/h4-11H,3,12-13,20H2,1-2H3,(H,21,24). The number of carbonyl (C=O) groups is 2. The Morgan fingerprint density at radius 1 is 1.12 bits per heavy atom. The zero-order valence-corrected chi connectivity index (χ0v) is 14.1. The van der Waals surface area contributed by atoms with E-state index in [1.165, 1.54) is 0 Å². The van der Waals surface area contributed by atoms with Crippen LogP contribution >= 0.6 is 0 Å². The summed E-state index contributed by atoms with van der Waals surface area (Å²) in [6.45, 7) is 4.84. The molecule has 126 valence electrons. The van der Waals surface area contributed by atoms with Crippen LogP contribution in [0, 0.1) is 6.92 Å². The van der Waals surface area contributed by atoms with Gasteiger partial charge in [-0.05, 0) is 37.1 Å². The van der Waals surface area contributed by atoms with Crippen molar-refractivity contribution in [2.24, 2.45) is 0 Å². The predicted octanol–water partition coefficient (Wildman–Crippen LogP) is 2.36. The van der Waals surface area contributed by atoms with Gasteiger partial charge in [-0.3, -0.25) is 9.59 Å². The Balaban J connectivity index is 1.95. The first kappa shape index (κ1) is 17.5. The highest BCUT2D eigenvalue weighted by molar-refractivity contribution is 5.98. The molecule has 2 rings (SSSR count). The fourth-order valence-corrected chi connectivity index (χ4v) is 2.43. The van der Waals surface area contributed by atoms with Gasteiger partial charge in [-0.1, -0.05) is 36.4 Å². The first-order valence-electron chi connectivity index (χ1n) is 7.97. The summed E-state index contributed by atoms with van der Waals surface area (Å²) in [6.07, 6.45) is 0. The minimum Gasteiger partial charge on any atom is -0.399 e. The number of benzene rings is 2. The number of anilines is 1. The summed E-state index contributed by atoms with van der Waals surface area (Å²) in [4.78, 5) is 26.3. The van der Waals surface area contributed by atoms with Gasteiger partial charge in [0.15, 0.2) is 0 Å². The highest BCUT2D eigenvalue weighted by Crippen LogP contribution is 2.12. The number of nitrogens with one attached hydrogen (secondary N) is 1. The van der Waals surface area contributed by atoms with E-state index < -0.39 is 0 Å². The van der Waals surface area contributed by atoms with E-state index in [9.17, 15) is 9.59 Å². The molecule has 0 aliphatic heterocycles. The van der Waals surface area contributed by atoms with Crippen molar-refractivity contribution < 1.29 is 9.59 Å². The van der Waals surface area contributed by atoms with Gasteiger partial charge in [0.2, 0.25) is 5.91 Å². The first-order valence-corrected chi connectivity index (χ1v) is 7.97. The van der Waals surface area contributed by atoms with Crippen LogP contribution in [0.4, 0.5) is 5.69 Å². The second kappa shape index (κ2) is 8.15. The molecule has 0 atom stereocenters. The molecule has 0 saturated heterocycles. The van der Waals surface area contributed by atoms with Crippen molar-refractivity contribution in [3.8, 4) is 0 Å². The maximum atomic E-state index is 12.4. The third-order valence-electron chi connectivity index (χ3n) is 3.86. The molecule has 0 bridgehead atoms. The highest BCUT2D eigenvalue weighted by Gasteiger charge is 2.15. The summed E-state index contributed by atoms with van der Waals surface area (Å²) in [5.41, 5.74) is 8.63. The van der Waals surface area contributed by atoms with Gasteiger partial charge in [-0.2, -0.15) is 0 Å².